The Hall–Kier alpha value is -8.08. The van der Waals surface area contributed by atoms with Crippen molar-refractivity contribution >= 4 is 23.9 Å². The van der Waals surface area contributed by atoms with Crippen LogP contribution < -0.4 is 16.4 Å². The molecule has 0 atom stereocenters. The molecule has 0 aliphatic rings. The van der Waals surface area contributed by atoms with Crippen LogP contribution >= 0.6 is 0 Å². The number of halogens is 6. The fourth-order valence-corrected chi connectivity index (χ4v) is 8.20. The Labute approximate surface area is 559 Å². The molecule has 5 N–H and O–H groups in total. The molecule has 2 aromatic heterocycles. The third kappa shape index (κ3) is 34.6. The summed E-state index contributed by atoms with van der Waals surface area (Å²) in [6, 6.07) is 19.4. The van der Waals surface area contributed by atoms with Gasteiger partial charge in [0.2, 0.25) is 11.6 Å². The zero-order valence-corrected chi connectivity index (χ0v) is 55.9. The second-order valence-electron chi connectivity index (χ2n) is 23.1. The molecular formula is C65H89F6N11O15. The molecule has 97 heavy (non-hydrogen) atoms. The summed E-state index contributed by atoms with van der Waals surface area (Å²) in [5.41, 5.74) is 7.16. The molecule has 0 radical (unpaired) electrons. The normalized spacial score (nSPS) is 11.7. The number of benzene rings is 4. The van der Waals surface area contributed by atoms with Gasteiger partial charge in [-0.15, -0.1) is 20.4 Å². The lowest BCUT2D eigenvalue weighted by Gasteiger charge is -2.19. The van der Waals surface area contributed by atoms with Crippen molar-refractivity contribution in [1.29, 1.82) is 0 Å². The van der Waals surface area contributed by atoms with Gasteiger partial charge in [0.1, 0.15) is 11.2 Å². The molecule has 32 heteroatoms. The van der Waals surface area contributed by atoms with E-state index in [9.17, 15) is 50.6 Å². The first kappa shape index (κ1) is 81.3. The highest BCUT2D eigenvalue weighted by molar-refractivity contribution is 5.97. The van der Waals surface area contributed by atoms with Crippen LogP contribution in [0.1, 0.15) is 108 Å². The van der Waals surface area contributed by atoms with Crippen molar-refractivity contribution in [3.05, 3.63) is 129 Å². The van der Waals surface area contributed by atoms with E-state index >= 15 is 0 Å². The number of ketones is 1. The van der Waals surface area contributed by atoms with Crippen LogP contribution in [-0.4, -0.2) is 206 Å². The van der Waals surface area contributed by atoms with Crippen LogP contribution in [0.2, 0.25) is 0 Å². The summed E-state index contributed by atoms with van der Waals surface area (Å²) in [6.07, 6.45) is -8.32. The number of nitrogens with one attached hydrogen (secondary N) is 2. The maximum absolute atomic E-state index is 13.0. The fourth-order valence-electron chi connectivity index (χ4n) is 8.20. The molecule has 0 saturated heterocycles. The van der Waals surface area contributed by atoms with E-state index < -0.39 is 52.8 Å². The number of aromatic carboxylic acids is 1. The second kappa shape index (κ2) is 42.6. The Morgan fingerprint density at radius 3 is 1.14 bits per heavy atom. The highest BCUT2D eigenvalue weighted by atomic mass is 19.4. The molecule has 0 spiro atoms. The number of tetrazole rings is 2. The van der Waals surface area contributed by atoms with Crippen LogP contribution in [0, 0.1) is 0 Å². The zero-order valence-electron chi connectivity index (χ0n) is 55.9. The van der Waals surface area contributed by atoms with E-state index in [-0.39, 0.29) is 23.6 Å². The SMILES string of the molecule is CC(C)(C)OC(=O)NCCOCCOCCOCCOCCN.Cn1nnc(-c2cc(C(=O)CCCOCCOCCOCCOCCNC(=O)OC(C)(C)C)ccc2Cc2ccc(C(F)(F)F)cc2)n1.Cn1nnc(-c2cc(C(=O)O)ccc2Cc2ccc(C(F)(F)F)cc2)n1. The van der Waals surface area contributed by atoms with E-state index in [1.165, 1.54) is 46.0 Å². The van der Waals surface area contributed by atoms with Gasteiger partial charge in [-0.05, 0) is 136 Å². The van der Waals surface area contributed by atoms with Gasteiger partial charge in [0, 0.05) is 49.4 Å². The lowest BCUT2D eigenvalue weighted by molar-refractivity contribution is -0.138. The average Bonchev–Trinajstić information content (AvgIpc) is 1.81. The number of carbonyl (C=O) groups is 4. The first-order valence-corrected chi connectivity index (χ1v) is 31.1. The second-order valence-corrected chi connectivity index (χ2v) is 23.1. The van der Waals surface area contributed by atoms with E-state index in [0.717, 1.165) is 29.8 Å². The molecule has 536 valence electrons. The third-order valence-corrected chi connectivity index (χ3v) is 12.7. The highest BCUT2D eigenvalue weighted by Gasteiger charge is 2.31. The van der Waals surface area contributed by atoms with E-state index in [1.54, 1.807) is 59.1 Å². The summed E-state index contributed by atoms with van der Waals surface area (Å²) in [4.78, 5) is 49.6. The average molecular weight is 1380 g/mol. The Bertz CT molecular complexity index is 3270. The minimum Gasteiger partial charge on any atom is -0.478 e. The van der Waals surface area contributed by atoms with Crippen molar-refractivity contribution in [2.75, 3.05) is 125 Å². The van der Waals surface area contributed by atoms with Crippen molar-refractivity contribution in [3.8, 4) is 22.8 Å². The number of rotatable bonds is 38. The smallest absolute Gasteiger partial charge is 0.416 e. The predicted octanol–water partition coefficient (Wildman–Crippen LogP) is 8.76. The molecular weight excluding hydrogens is 1290 g/mol. The van der Waals surface area contributed by atoms with Crippen LogP contribution in [0.15, 0.2) is 84.9 Å². The standard InChI is InChI=1S/C33H44F3N5O7.C17H13F3N4O2.C15H32N2O6/c1-32(2,3)48-31(43)37-13-15-45-17-19-47-21-20-46-18-16-44-14-5-6-29(42)26-10-9-25(28(23-26)30-38-40-41(4)39-30)22-24-7-11-27(12-8-24)33(34,35)36;1-24-22-15(21-23-24)14-9-12(16(25)26)5-4-11(14)8-10-2-6-13(7-3-10)17(18,19)20;1-15(2,3)23-14(18)17-5-7-20-9-11-22-13-12-21-10-8-19-6-4-16/h7-12,23H,5-6,13-22H2,1-4H3,(H,37,43);2-7,9H,8H2,1H3,(H,25,26);4-13,16H2,1-3H3,(H,17,18). The molecule has 6 aromatic rings. The Kier molecular flexibility index (Phi) is 35.7. The summed E-state index contributed by atoms with van der Waals surface area (Å²) in [6.45, 7) is 19.3. The Balaban J connectivity index is 0.000000342. The monoisotopic (exact) mass is 1380 g/mol. The number of hydrogen-bond acceptors (Lipinski definition) is 21. The minimum atomic E-state index is -4.41. The maximum Gasteiger partial charge on any atom is 0.416 e. The van der Waals surface area contributed by atoms with Gasteiger partial charge in [-0.1, -0.05) is 42.5 Å². The fraction of sp³-hybridized carbons (Fsp3) is 0.538. The van der Waals surface area contributed by atoms with Gasteiger partial charge in [-0.25, -0.2) is 14.4 Å². The lowest BCUT2D eigenvalue weighted by atomic mass is 9.95. The number of carboxylic acid groups (broad SMARTS) is 1. The number of nitrogens with zero attached hydrogens (tertiary/aromatic N) is 8. The molecule has 26 nitrogen and oxygen atoms in total. The molecule has 0 aliphatic heterocycles. The van der Waals surface area contributed by atoms with Crippen molar-refractivity contribution in [2.24, 2.45) is 19.8 Å². The van der Waals surface area contributed by atoms with Crippen LogP contribution in [0.25, 0.3) is 22.8 Å². The molecule has 4 aromatic carbocycles. The number of hydrogen-bond donors (Lipinski definition) is 4. The van der Waals surface area contributed by atoms with E-state index in [0.29, 0.717) is 184 Å². The molecule has 0 bridgehead atoms. The van der Waals surface area contributed by atoms with Crippen molar-refractivity contribution < 1.29 is 98.0 Å². The minimum absolute atomic E-state index is 0.0589. The number of amides is 2. The van der Waals surface area contributed by atoms with Gasteiger partial charge >= 0.3 is 30.5 Å². The summed E-state index contributed by atoms with van der Waals surface area (Å²) in [5, 5.41) is 38.3. The zero-order chi connectivity index (χ0) is 71.3. The van der Waals surface area contributed by atoms with Crippen LogP contribution in [0.4, 0.5) is 35.9 Å². The summed E-state index contributed by atoms with van der Waals surface area (Å²) < 4.78 is 130. The molecule has 0 aliphatic carbocycles. The van der Waals surface area contributed by atoms with Gasteiger partial charge in [-0.3, -0.25) is 4.79 Å². The first-order valence-electron chi connectivity index (χ1n) is 31.1. The topological polar surface area (TPSA) is 318 Å². The van der Waals surface area contributed by atoms with Gasteiger partial charge in [-0.2, -0.15) is 35.9 Å². The van der Waals surface area contributed by atoms with Crippen molar-refractivity contribution in [2.45, 2.75) is 90.8 Å². The molecule has 2 heterocycles. The van der Waals surface area contributed by atoms with Gasteiger partial charge in [0.25, 0.3) is 0 Å². The quantitative estimate of drug-likeness (QED) is 0.0160. The number of carbonyl (C=O) groups excluding carboxylic acids is 3. The number of aromatic nitrogens is 8. The summed E-state index contributed by atoms with van der Waals surface area (Å²) >= 11 is 0. The number of nitrogens with two attached hydrogens (primary N) is 1. The summed E-state index contributed by atoms with van der Waals surface area (Å²) in [5.74, 6) is -0.615. The van der Waals surface area contributed by atoms with E-state index in [4.69, 9.17) is 53.1 Å². The molecule has 0 fully saturated rings. The molecule has 0 unspecified atom stereocenters. The molecule has 0 saturated carbocycles. The number of carboxylic acids is 1. The first-order chi connectivity index (χ1) is 46.0. The Morgan fingerprint density at radius 1 is 0.474 bits per heavy atom. The number of aryl methyl sites for hydroxylation is 2. The van der Waals surface area contributed by atoms with E-state index in [1.807, 2.05) is 20.8 Å². The van der Waals surface area contributed by atoms with Crippen LogP contribution in [0.5, 0.6) is 0 Å². The molecule has 2 amide bonds. The van der Waals surface area contributed by atoms with Gasteiger partial charge in [0.05, 0.1) is 130 Å². The number of alkyl carbamates (subject to hydrolysis) is 2. The largest absolute Gasteiger partial charge is 0.478 e. The number of alkyl halides is 6. The highest BCUT2D eigenvalue weighted by Crippen LogP contribution is 2.32. The van der Waals surface area contributed by atoms with E-state index in [2.05, 4.69) is 41.5 Å². The molecule has 6 rings (SSSR count). The number of ether oxygens (including phenoxy) is 10. The lowest BCUT2D eigenvalue weighted by Crippen LogP contribution is -2.34. The number of Topliss-reactive ketones (excluding diaryl/α,β-unsaturated/α-hetero) is 1. The van der Waals surface area contributed by atoms with Gasteiger partial charge < -0.3 is 68.8 Å². The van der Waals surface area contributed by atoms with Crippen LogP contribution in [-0.2, 0) is 86.7 Å². The maximum atomic E-state index is 13.0. The van der Waals surface area contributed by atoms with Gasteiger partial charge in [0.15, 0.2) is 5.78 Å². The predicted molar refractivity (Wildman–Crippen MR) is 342 cm³/mol. The third-order valence-electron chi connectivity index (χ3n) is 12.7. The van der Waals surface area contributed by atoms with Crippen molar-refractivity contribution in [1.82, 2.24) is 51.0 Å². The van der Waals surface area contributed by atoms with Crippen LogP contribution in [0.3, 0.4) is 0 Å². The summed E-state index contributed by atoms with van der Waals surface area (Å²) in [7, 11) is 3.20. The Morgan fingerprint density at radius 2 is 0.814 bits per heavy atom. The van der Waals surface area contributed by atoms with Crippen molar-refractivity contribution in [3.63, 3.8) is 0 Å².